The van der Waals surface area contributed by atoms with Crippen molar-refractivity contribution in [3.8, 4) is 5.75 Å². The van der Waals surface area contributed by atoms with E-state index in [9.17, 15) is 8.78 Å². The first-order chi connectivity index (χ1) is 6.20. The van der Waals surface area contributed by atoms with Gasteiger partial charge in [-0.3, -0.25) is 10.3 Å². The van der Waals surface area contributed by atoms with E-state index < -0.39 is 11.6 Å². The largest absolute Gasteiger partial charge is 0.494 e. The molecule has 1 aromatic rings. The highest BCUT2D eigenvalue weighted by Gasteiger charge is 2.13. The molecule has 0 fully saturated rings. The van der Waals surface area contributed by atoms with Gasteiger partial charge < -0.3 is 4.74 Å². The lowest BCUT2D eigenvalue weighted by molar-refractivity contribution is 0.267. The highest BCUT2D eigenvalue weighted by atomic mass is 19.2. The van der Waals surface area contributed by atoms with Crippen molar-refractivity contribution >= 4 is 5.69 Å². The molecule has 0 bridgehead atoms. The summed E-state index contributed by atoms with van der Waals surface area (Å²) in [6.45, 7) is 0. The first kappa shape index (κ1) is 9.73. The Morgan fingerprint density at radius 3 is 2.38 bits per heavy atom. The van der Waals surface area contributed by atoms with Gasteiger partial charge in [0.05, 0.1) is 19.9 Å². The van der Waals surface area contributed by atoms with Crippen LogP contribution in [-0.4, -0.2) is 14.2 Å². The highest BCUT2D eigenvalue weighted by Crippen LogP contribution is 2.25. The molecule has 0 saturated heterocycles. The van der Waals surface area contributed by atoms with Crippen LogP contribution in [0.5, 0.6) is 5.75 Å². The van der Waals surface area contributed by atoms with Crippen LogP contribution in [0, 0.1) is 11.6 Å². The average molecular weight is 189 g/mol. The number of ether oxygens (including phenoxy) is 1. The minimum Gasteiger partial charge on any atom is -0.494 e. The number of nitrogens with one attached hydrogen (secondary N) is 1. The van der Waals surface area contributed by atoms with Gasteiger partial charge in [0.25, 0.3) is 0 Å². The smallest absolute Gasteiger partial charge is 0.202 e. The number of hydrogen-bond donors (Lipinski definition) is 1. The zero-order valence-corrected chi connectivity index (χ0v) is 7.23. The quantitative estimate of drug-likeness (QED) is 0.737. The summed E-state index contributed by atoms with van der Waals surface area (Å²) in [4.78, 5) is 4.44. The molecule has 0 radical (unpaired) electrons. The number of methoxy groups -OCH3 is 1. The summed E-state index contributed by atoms with van der Waals surface area (Å²) >= 11 is 0. The minimum absolute atomic E-state index is 0.0687. The number of benzene rings is 1. The lowest BCUT2D eigenvalue weighted by Gasteiger charge is -2.07. The average Bonchev–Trinajstić information content (AvgIpc) is 2.14. The third kappa shape index (κ3) is 1.86. The van der Waals surface area contributed by atoms with Gasteiger partial charge in [-0.15, -0.1) is 0 Å². The third-order valence-corrected chi connectivity index (χ3v) is 1.48. The maximum atomic E-state index is 13.0. The fraction of sp³-hybridized carbons (Fsp3) is 0.250. The summed E-state index contributed by atoms with van der Waals surface area (Å²) in [6, 6.07) is 2.63. The molecule has 0 unspecified atom stereocenters. The second-order valence-corrected chi connectivity index (χ2v) is 2.25. The molecule has 1 rings (SSSR count). The summed E-state index contributed by atoms with van der Waals surface area (Å²) in [5.74, 6) is -2.20. The van der Waals surface area contributed by atoms with Crippen LogP contribution in [0.15, 0.2) is 12.1 Å². The molecular weight excluding hydrogens is 180 g/mol. The van der Waals surface area contributed by atoms with Gasteiger partial charge in [-0.1, -0.05) is 0 Å². The van der Waals surface area contributed by atoms with E-state index in [1.54, 1.807) is 0 Å². The van der Waals surface area contributed by atoms with Crippen molar-refractivity contribution in [1.29, 1.82) is 0 Å². The standard InChI is InChI=1S/C8H9F2NO2/c1-12-6-4-3-5(11-13-2)7(9)8(6)10/h3-4,11H,1-2H3. The van der Waals surface area contributed by atoms with Crippen LogP contribution < -0.4 is 10.2 Å². The summed E-state index contributed by atoms with van der Waals surface area (Å²) in [5.41, 5.74) is 2.13. The molecule has 0 saturated carbocycles. The Hall–Kier alpha value is -1.36. The van der Waals surface area contributed by atoms with Crippen LogP contribution in [0.3, 0.4) is 0 Å². The molecule has 0 atom stereocenters. The van der Waals surface area contributed by atoms with Gasteiger partial charge in [0.15, 0.2) is 11.6 Å². The second-order valence-electron chi connectivity index (χ2n) is 2.25. The molecule has 0 aliphatic heterocycles. The van der Waals surface area contributed by atoms with Gasteiger partial charge in [-0.25, -0.2) is 4.39 Å². The number of anilines is 1. The summed E-state index contributed by atoms with van der Waals surface area (Å²) in [7, 11) is 2.57. The van der Waals surface area contributed by atoms with Crippen molar-refractivity contribution in [3.63, 3.8) is 0 Å². The summed E-state index contributed by atoms with van der Waals surface area (Å²) in [5, 5.41) is 0. The molecular formula is C8H9F2NO2. The molecule has 0 aliphatic rings. The Balaban J connectivity index is 3.07. The van der Waals surface area contributed by atoms with Crippen LogP contribution >= 0.6 is 0 Å². The van der Waals surface area contributed by atoms with Gasteiger partial charge in [-0.05, 0) is 12.1 Å². The number of hydrogen-bond acceptors (Lipinski definition) is 3. The van der Waals surface area contributed by atoms with Gasteiger partial charge in [0.2, 0.25) is 5.82 Å². The van der Waals surface area contributed by atoms with E-state index in [-0.39, 0.29) is 11.4 Å². The fourth-order valence-electron chi connectivity index (χ4n) is 0.878. The van der Waals surface area contributed by atoms with Crippen LogP contribution in [0.2, 0.25) is 0 Å². The van der Waals surface area contributed by atoms with Gasteiger partial charge in [-0.2, -0.15) is 4.39 Å². The van der Waals surface area contributed by atoms with Crippen molar-refractivity contribution < 1.29 is 18.4 Å². The number of halogens is 2. The van der Waals surface area contributed by atoms with Gasteiger partial charge in [0.1, 0.15) is 0 Å². The SMILES string of the molecule is CONc1ccc(OC)c(F)c1F. The maximum absolute atomic E-state index is 13.0. The molecule has 1 aromatic carbocycles. The summed E-state index contributed by atoms with van der Waals surface area (Å²) in [6.07, 6.45) is 0. The Morgan fingerprint density at radius 1 is 1.15 bits per heavy atom. The van der Waals surface area contributed by atoms with Crippen LogP contribution in [0.4, 0.5) is 14.5 Å². The topological polar surface area (TPSA) is 30.5 Å². The third-order valence-electron chi connectivity index (χ3n) is 1.48. The molecule has 1 N–H and O–H groups in total. The Labute approximate surface area is 74.2 Å². The van der Waals surface area contributed by atoms with Gasteiger partial charge in [0, 0.05) is 0 Å². The molecule has 0 aromatic heterocycles. The van der Waals surface area contributed by atoms with E-state index in [0.717, 1.165) is 0 Å². The van der Waals surface area contributed by atoms with E-state index in [2.05, 4.69) is 15.1 Å². The first-order valence-electron chi connectivity index (χ1n) is 3.51. The summed E-state index contributed by atoms with van der Waals surface area (Å²) < 4.78 is 30.6. The Kier molecular flexibility index (Phi) is 3.02. The predicted octanol–water partition coefficient (Wildman–Crippen LogP) is 1.95. The first-order valence-corrected chi connectivity index (χ1v) is 3.51. The zero-order valence-electron chi connectivity index (χ0n) is 7.23. The molecule has 0 spiro atoms. The van der Waals surface area contributed by atoms with E-state index in [0.29, 0.717) is 0 Å². The molecule has 13 heavy (non-hydrogen) atoms. The normalized spacial score (nSPS) is 9.85. The zero-order chi connectivity index (χ0) is 9.84. The molecule has 0 amide bonds. The van der Waals surface area contributed by atoms with Crippen molar-refractivity contribution in [3.05, 3.63) is 23.8 Å². The van der Waals surface area contributed by atoms with E-state index in [4.69, 9.17) is 0 Å². The van der Waals surface area contributed by atoms with Crippen molar-refractivity contribution in [2.24, 2.45) is 0 Å². The van der Waals surface area contributed by atoms with Crippen molar-refractivity contribution in [2.45, 2.75) is 0 Å². The molecule has 5 heteroatoms. The Morgan fingerprint density at radius 2 is 1.85 bits per heavy atom. The van der Waals surface area contributed by atoms with Crippen LogP contribution in [-0.2, 0) is 4.84 Å². The molecule has 0 aliphatic carbocycles. The van der Waals surface area contributed by atoms with E-state index in [1.165, 1.54) is 26.4 Å². The monoisotopic (exact) mass is 189 g/mol. The van der Waals surface area contributed by atoms with Crippen molar-refractivity contribution in [2.75, 3.05) is 19.7 Å². The van der Waals surface area contributed by atoms with E-state index in [1.807, 2.05) is 0 Å². The minimum atomic E-state index is -1.04. The van der Waals surface area contributed by atoms with E-state index >= 15 is 0 Å². The van der Waals surface area contributed by atoms with Crippen molar-refractivity contribution in [1.82, 2.24) is 0 Å². The predicted molar refractivity (Wildman–Crippen MR) is 43.5 cm³/mol. The maximum Gasteiger partial charge on any atom is 0.202 e. The molecule has 0 heterocycles. The van der Waals surface area contributed by atoms with Crippen LogP contribution in [0.25, 0.3) is 0 Å². The Bertz CT molecular complexity index is 304. The van der Waals surface area contributed by atoms with Gasteiger partial charge >= 0.3 is 0 Å². The van der Waals surface area contributed by atoms with Crippen LogP contribution in [0.1, 0.15) is 0 Å². The lowest BCUT2D eigenvalue weighted by Crippen LogP contribution is -2.01. The molecule has 3 nitrogen and oxygen atoms in total. The lowest BCUT2D eigenvalue weighted by atomic mass is 10.3. The highest BCUT2D eigenvalue weighted by molar-refractivity contribution is 5.47. The second kappa shape index (κ2) is 4.04. The fourth-order valence-corrected chi connectivity index (χ4v) is 0.878. The molecule has 72 valence electrons. The number of rotatable bonds is 3.